The zero-order valence-corrected chi connectivity index (χ0v) is 18.3. The van der Waals surface area contributed by atoms with Crippen LogP contribution in [0.3, 0.4) is 0 Å². The van der Waals surface area contributed by atoms with Crippen molar-refractivity contribution in [2.75, 3.05) is 26.2 Å². The molecule has 1 aliphatic heterocycles. The van der Waals surface area contributed by atoms with Crippen molar-refractivity contribution < 1.29 is 19.1 Å². The van der Waals surface area contributed by atoms with Crippen LogP contribution in [-0.2, 0) is 22.4 Å². The SMILES string of the molecule is CC(C)(C)OC(=O)N1CCN(C(=O)c2cccc(-c3ccc4c(c3)CC(=O)C4)c2)CC1. The standard InChI is InChI=1S/C25H28N2O4/c1-25(2,3)31-24(30)27-11-9-26(10-12-27)23(29)20-6-4-5-17(13-20)18-7-8-19-15-22(28)16-21(19)14-18/h4-8,13-14H,9-12,15-16H2,1-3H3. The van der Waals surface area contributed by atoms with Gasteiger partial charge in [-0.2, -0.15) is 0 Å². The molecule has 0 radical (unpaired) electrons. The lowest BCUT2D eigenvalue weighted by Crippen LogP contribution is -2.51. The molecule has 2 amide bonds. The van der Waals surface area contributed by atoms with E-state index in [-0.39, 0.29) is 17.8 Å². The zero-order valence-electron chi connectivity index (χ0n) is 18.3. The second kappa shape index (κ2) is 8.17. The Balaban J connectivity index is 1.43. The van der Waals surface area contributed by atoms with Gasteiger partial charge in [0, 0.05) is 44.6 Å². The summed E-state index contributed by atoms with van der Waals surface area (Å²) >= 11 is 0. The second-order valence-corrected chi connectivity index (χ2v) is 9.22. The molecule has 2 aromatic rings. The number of carbonyl (C=O) groups is 3. The summed E-state index contributed by atoms with van der Waals surface area (Å²) in [5.41, 5.74) is 4.24. The number of benzene rings is 2. The molecule has 1 fully saturated rings. The normalized spacial score (nSPS) is 16.3. The van der Waals surface area contributed by atoms with Crippen molar-refractivity contribution in [1.29, 1.82) is 0 Å². The Morgan fingerprint density at radius 1 is 0.839 bits per heavy atom. The highest BCUT2D eigenvalue weighted by Crippen LogP contribution is 2.28. The largest absolute Gasteiger partial charge is 0.444 e. The van der Waals surface area contributed by atoms with Crippen LogP contribution in [0, 0.1) is 0 Å². The maximum atomic E-state index is 13.1. The van der Waals surface area contributed by atoms with E-state index in [4.69, 9.17) is 4.74 Å². The molecule has 1 heterocycles. The Bertz CT molecular complexity index is 1030. The fourth-order valence-corrected chi connectivity index (χ4v) is 4.06. The molecule has 0 bridgehead atoms. The summed E-state index contributed by atoms with van der Waals surface area (Å²) in [5, 5.41) is 0. The molecular weight excluding hydrogens is 392 g/mol. The maximum Gasteiger partial charge on any atom is 0.410 e. The van der Waals surface area contributed by atoms with Crippen molar-refractivity contribution in [2.24, 2.45) is 0 Å². The first-order chi connectivity index (χ1) is 14.7. The van der Waals surface area contributed by atoms with E-state index in [1.807, 2.05) is 57.2 Å². The molecule has 0 N–H and O–H groups in total. The van der Waals surface area contributed by atoms with Crippen LogP contribution in [0.4, 0.5) is 4.79 Å². The van der Waals surface area contributed by atoms with E-state index in [2.05, 4.69) is 6.07 Å². The average molecular weight is 421 g/mol. The van der Waals surface area contributed by atoms with E-state index >= 15 is 0 Å². The van der Waals surface area contributed by atoms with Gasteiger partial charge < -0.3 is 14.5 Å². The van der Waals surface area contributed by atoms with Gasteiger partial charge >= 0.3 is 6.09 Å². The van der Waals surface area contributed by atoms with Crippen molar-refractivity contribution in [3.63, 3.8) is 0 Å². The lowest BCUT2D eigenvalue weighted by Gasteiger charge is -2.35. The predicted molar refractivity (Wildman–Crippen MR) is 118 cm³/mol. The Labute approximate surface area is 182 Å². The smallest absolute Gasteiger partial charge is 0.410 e. The molecule has 2 aromatic carbocycles. The first-order valence-corrected chi connectivity index (χ1v) is 10.7. The molecule has 0 spiro atoms. The Hall–Kier alpha value is -3.15. The van der Waals surface area contributed by atoms with Crippen LogP contribution in [0.15, 0.2) is 42.5 Å². The topological polar surface area (TPSA) is 66.9 Å². The number of ether oxygens (including phenoxy) is 1. The van der Waals surface area contributed by atoms with Crippen LogP contribution in [0.1, 0.15) is 42.3 Å². The molecule has 4 rings (SSSR count). The van der Waals surface area contributed by atoms with Gasteiger partial charge in [0.05, 0.1) is 0 Å². The van der Waals surface area contributed by atoms with Crippen LogP contribution >= 0.6 is 0 Å². The highest BCUT2D eigenvalue weighted by molar-refractivity contribution is 5.96. The maximum absolute atomic E-state index is 13.1. The number of fused-ring (bicyclic) bond motifs is 1. The summed E-state index contributed by atoms with van der Waals surface area (Å²) in [4.78, 5) is 40.5. The Morgan fingerprint density at radius 2 is 1.48 bits per heavy atom. The molecule has 31 heavy (non-hydrogen) atoms. The number of piperazine rings is 1. The quantitative estimate of drug-likeness (QED) is 0.743. The number of hydrogen-bond acceptors (Lipinski definition) is 4. The van der Waals surface area contributed by atoms with Crippen LogP contribution in [0.2, 0.25) is 0 Å². The van der Waals surface area contributed by atoms with Gasteiger partial charge in [0.1, 0.15) is 11.4 Å². The lowest BCUT2D eigenvalue weighted by atomic mass is 9.99. The van der Waals surface area contributed by atoms with E-state index in [1.54, 1.807) is 9.80 Å². The minimum atomic E-state index is -0.532. The third kappa shape index (κ3) is 4.79. The number of hydrogen-bond donors (Lipinski definition) is 0. The number of amides is 2. The van der Waals surface area contributed by atoms with Crippen molar-refractivity contribution in [3.05, 3.63) is 59.2 Å². The highest BCUT2D eigenvalue weighted by atomic mass is 16.6. The van der Waals surface area contributed by atoms with Crippen molar-refractivity contribution in [1.82, 2.24) is 9.80 Å². The van der Waals surface area contributed by atoms with Gasteiger partial charge in [0.15, 0.2) is 0 Å². The van der Waals surface area contributed by atoms with E-state index in [9.17, 15) is 14.4 Å². The summed E-state index contributed by atoms with van der Waals surface area (Å²) in [6, 6.07) is 13.7. The summed E-state index contributed by atoms with van der Waals surface area (Å²) in [7, 11) is 0. The molecule has 1 saturated heterocycles. The molecule has 0 aromatic heterocycles. The summed E-state index contributed by atoms with van der Waals surface area (Å²) in [6.45, 7) is 7.40. The molecule has 0 saturated carbocycles. The number of carbonyl (C=O) groups excluding carboxylic acids is 3. The molecule has 0 atom stereocenters. The highest BCUT2D eigenvalue weighted by Gasteiger charge is 2.28. The molecular formula is C25H28N2O4. The monoisotopic (exact) mass is 420 g/mol. The van der Waals surface area contributed by atoms with E-state index in [1.165, 1.54) is 0 Å². The van der Waals surface area contributed by atoms with Gasteiger partial charge in [-0.05, 0) is 55.2 Å². The van der Waals surface area contributed by atoms with Crippen molar-refractivity contribution in [2.45, 2.75) is 39.2 Å². The predicted octanol–water partition coefficient (Wildman–Crippen LogP) is 3.71. The third-order valence-electron chi connectivity index (χ3n) is 5.64. The molecule has 1 aliphatic carbocycles. The van der Waals surface area contributed by atoms with Crippen LogP contribution in [0.5, 0.6) is 0 Å². The van der Waals surface area contributed by atoms with Gasteiger partial charge in [-0.3, -0.25) is 9.59 Å². The number of rotatable bonds is 2. The third-order valence-corrected chi connectivity index (χ3v) is 5.64. The second-order valence-electron chi connectivity index (χ2n) is 9.22. The average Bonchev–Trinajstić information content (AvgIpc) is 3.11. The number of nitrogens with zero attached hydrogens (tertiary/aromatic N) is 2. The van der Waals surface area contributed by atoms with Gasteiger partial charge in [0.25, 0.3) is 5.91 Å². The fourth-order valence-electron chi connectivity index (χ4n) is 4.06. The van der Waals surface area contributed by atoms with E-state index in [0.29, 0.717) is 44.6 Å². The van der Waals surface area contributed by atoms with Gasteiger partial charge in [-0.25, -0.2) is 4.79 Å². The fraction of sp³-hybridized carbons (Fsp3) is 0.400. The van der Waals surface area contributed by atoms with Gasteiger partial charge in [-0.15, -0.1) is 0 Å². The van der Waals surface area contributed by atoms with Crippen molar-refractivity contribution >= 4 is 17.8 Å². The molecule has 0 unspecified atom stereocenters. The number of ketones is 1. The Morgan fingerprint density at radius 3 is 2.19 bits per heavy atom. The van der Waals surface area contributed by atoms with Crippen LogP contribution < -0.4 is 0 Å². The molecule has 2 aliphatic rings. The number of Topliss-reactive ketones (excluding diaryl/α,β-unsaturated/α-hetero) is 1. The van der Waals surface area contributed by atoms with Gasteiger partial charge in [0.2, 0.25) is 0 Å². The lowest BCUT2D eigenvalue weighted by molar-refractivity contribution is -0.117. The summed E-state index contributed by atoms with van der Waals surface area (Å²) in [5.74, 6) is 0.212. The zero-order chi connectivity index (χ0) is 22.2. The van der Waals surface area contributed by atoms with Crippen LogP contribution in [-0.4, -0.2) is 59.4 Å². The molecule has 162 valence electrons. The summed E-state index contributed by atoms with van der Waals surface area (Å²) < 4.78 is 5.42. The van der Waals surface area contributed by atoms with E-state index in [0.717, 1.165) is 22.3 Å². The van der Waals surface area contributed by atoms with Gasteiger partial charge in [-0.1, -0.05) is 30.3 Å². The molecule has 6 nitrogen and oxygen atoms in total. The summed E-state index contributed by atoms with van der Waals surface area (Å²) in [6.07, 6.45) is 0.671. The van der Waals surface area contributed by atoms with E-state index < -0.39 is 5.60 Å². The first-order valence-electron chi connectivity index (χ1n) is 10.7. The Kier molecular flexibility index (Phi) is 5.56. The molecule has 6 heteroatoms. The minimum absolute atomic E-state index is 0.0398. The van der Waals surface area contributed by atoms with Crippen molar-refractivity contribution in [3.8, 4) is 11.1 Å². The van der Waals surface area contributed by atoms with Crippen LogP contribution in [0.25, 0.3) is 11.1 Å². The first kappa shape index (κ1) is 21.1. The minimum Gasteiger partial charge on any atom is -0.444 e.